The van der Waals surface area contributed by atoms with Crippen molar-refractivity contribution in [3.05, 3.63) is 147 Å². The Bertz CT molecular complexity index is 1240. The van der Waals surface area contributed by atoms with Gasteiger partial charge in [-0.3, -0.25) is 4.79 Å². The predicted molar refractivity (Wildman–Crippen MR) is 139 cm³/mol. The number of carbonyl (C=O) groups is 1. The van der Waals surface area contributed by atoms with E-state index in [1.807, 2.05) is 123 Å². The molecule has 5 rings (SSSR count). The Morgan fingerprint density at radius 2 is 0.943 bits per heavy atom. The number of carbonyl (C=O) groups excluding carboxylic acids is 1. The number of hydrogen-bond acceptors (Lipinski definition) is 3. The summed E-state index contributed by atoms with van der Waals surface area (Å²) >= 11 is 0. The molecule has 1 fully saturated rings. The molecular formula is C31H28N2O2. The SMILES string of the molecule is Cc1ccccc1C1C(c2ccccc2)C(=O)C(c2ccccc2)C(c2ccccc2C)N1N=O. The van der Waals surface area contributed by atoms with Crippen molar-refractivity contribution >= 4 is 5.78 Å². The highest BCUT2D eigenvalue weighted by Crippen LogP contribution is 2.54. The summed E-state index contributed by atoms with van der Waals surface area (Å²) < 4.78 is 0. The number of aryl methyl sites for hydroxylation is 2. The number of hydrogen-bond donors (Lipinski definition) is 0. The van der Waals surface area contributed by atoms with Gasteiger partial charge in [0.05, 0.1) is 29.2 Å². The Morgan fingerprint density at radius 3 is 1.31 bits per heavy atom. The van der Waals surface area contributed by atoms with Crippen LogP contribution in [0.15, 0.2) is 114 Å². The van der Waals surface area contributed by atoms with Crippen LogP contribution in [-0.4, -0.2) is 10.8 Å². The number of Topliss-reactive ketones (excluding diaryl/α,β-unsaturated/α-hetero) is 1. The van der Waals surface area contributed by atoms with Gasteiger partial charge >= 0.3 is 0 Å². The first kappa shape index (κ1) is 22.7. The fraction of sp³-hybridized carbons (Fsp3) is 0.194. The van der Waals surface area contributed by atoms with Crippen molar-refractivity contribution in [1.29, 1.82) is 0 Å². The van der Waals surface area contributed by atoms with Gasteiger partial charge in [-0.1, -0.05) is 109 Å². The first-order chi connectivity index (χ1) is 17.1. The monoisotopic (exact) mass is 460 g/mol. The molecule has 0 amide bonds. The quantitative estimate of drug-likeness (QED) is 0.295. The van der Waals surface area contributed by atoms with Gasteiger partial charge in [-0.05, 0) is 47.2 Å². The normalized spacial score (nSPS) is 22.1. The Labute approximate surface area is 206 Å². The number of piperidine rings is 1. The highest BCUT2D eigenvalue weighted by atomic mass is 16.3. The molecule has 0 aliphatic carbocycles. The van der Waals surface area contributed by atoms with E-state index in [2.05, 4.69) is 5.29 Å². The first-order valence-corrected chi connectivity index (χ1v) is 12.0. The van der Waals surface area contributed by atoms with Gasteiger partial charge in [-0.25, -0.2) is 5.01 Å². The second-order valence-corrected chi connectivity index (χ2v) is 9.24. The average molecular weight is 461 g/mol. The van der Waals surface area contributed by atoms with Crippen LogP contribution in [0.5, 0.6) is 0 Å². The van der Waals surface area contributed by atoms with E-state index in [0.717, 1.165) is 33.4 Å². The summed E-state index contributed by atoms with van der Waals surface area (Å²) in [5, 5.41) is 5.32. The van der Waals surface area contributed by atoms with E-state index in [0.29, 0.717) is 0 Å². The Hall–Kier alpha value is -4.05. The Kier molecular flexibility index (Phi) is 6.28. The van der Waals surface area contributed by atoms with Gasteiger partial charge in [0.2, 0.25) is 0 Å². The summed E-state index contributed by atoms with van der Waals surface area (Å²) in [6, 6.07) is 34.5. The van der Waals surface area contributed by atoms with Gasteiger partial charge in [0.15, 0.2) is 5.78 Å². The molecule has 4 nitrogen and oxygen atoms in total. The number of ketones is 1. The molecule has 1 aliphatic rings. The van der Waals surface area contributed by atoms with Crippen LogP contribution in [0, 0.1) is 18.8 Å². The molecule has 4 atom stereocenters. The topological polar surface area (TPSA) is 49.7 Å². The van der Waals surface area contributed by atoms with E-state index >= 15 is 0 Å². The first-order valence-electron chi connectivity index (χ1n) is 12.0. The van der Waals surface area contributed by atoms with Crippen molar-refractivity contribution in [2.45, 2.75) is 37.8 Å². The lowest BCUT2D eigenvalue weighted by molar-refractivity contribution is -0.131. The van der Waals surface area contributed by atoms with Crippen molar-refractivity contribution < 1.29 is 4.79 Å². The average Bonchev–Trinajstić information content (AvgIpc) is 2.90. The van der Waals surface area contributed by atoms with Crippen molar-refractivity contribution in [2.24, 2.45) is 5.29 Å². The number of nitrogens with zero attached hydrogens (tertiary/aromatic N) is 2. The highest BCUT2D eigenvalue weighted by Gasteiger charge is 2.52. The second-order valence-electron chi connectivity index (χ2n) is 9.24. The molecule has 0 N–H and O–H groups in total. The minimum Gasteiger partial charge on any atom is -0.298 e. The fourth-order valence-electron chi connectivity index (χ4n) is 5.58. The third-order valence-corrected chi connectivity index (χ3v) is 7.24. The van der Waals surface area contributed by atoms with Crippen LogP contribution in [0.25, 0.3) is 0 Å². The maximum atomic E-state index is 14.6. The van der Waals surface area contributed by atoms with Crippen LogP contribution in [0.1, 0.15) is 57.3 Å². The third-order valence-electron chi connectivity index (χ3n) is 7.24. The second kappa shape index (κ2) is 9.67. The molecule has 174 valence electrons. The molecule has 4 heteroatoms. The lowest BCUT2D eigenvalue weighted by atomic mass is 9.68. The minimum atomic E-state index is -0.541. The molecule has 4 aromatic rings. The summed E-state index contributed by atoms with van der Waals surface area (Å²) in [7, 11) is 0. The standard InChI is InChI=1S/C31H28N2O2/c1-21-13-9-11-19-25(21)29-27(23-15-5-3-6-16-23)31(34)28(24-17-7-4-8-18-24)30(33(29)32-35)26-20-12-10-14-22(26)2/h3-20,27-30H,1-2H3. The molecule has 1 heterocycles. The van der Waals surface area contributed by atoms with Gasteiger partial charge < -0.3 is 0 Å². The van der Waals surface area contributed by atoms with Crippen LogP contribution < -0.4 is 0 Å². The predicted octanol–water partition coefficient (Wildman–Crippen LogP) is 7.22. The van der Waals surface area contributed by atoms with Crippen LogP contribution in [0.4, 0.5) is 0 Å². The van der Waals surface area contributed by atoms with Crippen LogP contribution in [-0.2, 0) is 4.79 Å². The van der Waals surface area contributed by atoms with Gasteiger partial charge in [0, 0.05) is 0 Å². The number of rotatable bonds is 5. The summed E-state index contributed by atoms with van der Waals surface area (Å²) in [6.45, 7) is 4.05. The van der Waals surface area contributed by atoms with Gasteiger partial charge in [0.1, 0.15) is 0 Å². The molecule has 0 aromatic heterocycles. The molecule has 1 saturated heterocycles. The van der Waals surface area contributed by atoms with Crippen molar-refractivity contribution in [2.75, 3.05) is 0 Å². The Balaban J connectivity index is 1.80. The minimum absolute atomic E-state index is 0.101. The zero-order valence-corrected chi connectivity index (χ0v) is 19.9. The van der Waals surface area contributed by atoms with Gasteiger partial charge in [-0.2, -0.15) is 0 Å². The summed E-state index contributed by atoms with van der Waals surface area (Å²) in [5.74, 6) is -0.982. The van der Waals surface area contributed by atoms with E-state index in [9.17, 15) is 9.70 Å². The largest absolute Gasteiger partial charge is 0.298 e. The van der Waals surface area contributed by atoms with Crippen molar-refractivity contribution in [1.82, 2.24) is 5.01 Å². The third kappa shape index (κ3) is 4.06. The lowest BCUT2D eigenvalue weighted by Crippen LogP contribution is -2.47. The number of benzene rings is 4. The van der Waals surface area contributed by atoms with E-state index in [4.69, 9.17) is 0 Å². The maximum Gasteiger partial charge on any atom is 0.152 e. The maximum absolute atomic E-state index is 14.6. The highest BCUT2D eigenvalue weighted by molar-refractivity contribution is 5.94. The molecule has 0 bridgehead atoms. The van der Waals surface area contributed by atoms with Crippen molar-refractivity contribution in [3.8, 4) is 0 Å². The van der Waals surface area contributed by atoms with Crippen LogP contribution >= 0.6 is 0 Å². The molecule has 4 aromatic carbocycles. The molecule has 0 spiro atoms. The van der Waals surface area contributed by atoms with Crippen molar-refractivity contribution in [3.63, 3.8) is 0 Å². The lowest BCUT2D eigenvalue weighted by Gasteiger charge is -2.47. The van der Waals surface area contributed by atoms with E-state index in [1.165, 1.54) is 0 Å². The molecule has 0 saturated carbocycles. The zero-order valence-electron chi connectivity index (χ0n) is 19.9. The molecule has 1 aliphatic heterocycles. The van der Waals surface area contributed by atoms with Gasteiger partial charge in [0.25, 0.3) is 0 Å². The van der Waals surface area contributed by atoms with Gasteiger partial charge in [-0.15, -0.1) is 4.91 Å². The fourth-order valence-corrected chi connectivity index (χ4v) is 5.58. The summed E-state index contributed by atoms with van der Waals surface area (Å²) in [4.78, 5) is 27.4. The van der Waals surface area contributed by atoms with E-state index in [-0.39, 0.29) is 5.78 Å². The van der Waals surface area contributed by atoms with E-state index < -0.39 is 23.9 Å². The molecular weight excluding hydrogens is 432 g/mol. The molecule has 4 unspecified atom stereocenters. The Morgan fingerprint density at radius 1 is 0.571 bits per heavy atom. The smallest absolute Gasteiger partial charge is 0.152 e. The summed E-state index contributed by atoms with van der Waals surface area (Å²) in [6.07, 6.45) is 0. The van der Waals surface area contributed by atoms with E-state index in [1.54, 1.807) is 5.01 Å². The molecule has 0 radical (unpaired) electrons. The number of nitroso groups, excluding NO2 is 1. The van der Waals surface area contributed by atoms with Crippen LogP contribution in [0.3, 0.4) is 0 Å². The zero-order chi connectivity index (χ0) is 24.4. The summed E-state index contributed by atoms with van der Waals surface area (Å²) in [5.41, 5.74) is 5.73. The molecule has 35 heavy (non-hydrogen) atoms. The van der Waals surface area contributed by atoms with Crippen LogP contribution in [0.2, 0.25) is 0 Å².